The van der Waals surface area contributed by atoms with Gasteiger partial charge in [-0.3, -0.25) is 0 Å². The van der Waals surface area contributed by atoms with Crippen molar-refractivity contribution in [3.63, 3.8) is 0 Å². The van der Waals surface area contributed by atoms with Crippen LogP contribution in [0.5, 0.6) is 0 Å². The summed E-state index contributed by atoms with van der Waals surface area (Å²) in [5.41, 5.74) is 1.84. The maximum atomic E-state index is 5.97. The molecule has 0 aliphatic rings. The highest BCUT2D eigenvalue weighted by Gasteiger charge is 2.16. The molecule has 0 amide bonds. The fraction of sp³-hybridized carbons (Fsp3) is 0. The van der Waals surface area contributed by atoms with Gasteiger partial charge in [0.2, 0.25) is 0 Å². The molecule has 0 unspecified atom stereocenters. The lowest BCUT2D eigenvalue weighted by atomic mass is 9.45. The summed E-state index contributed by atoms with van der Waals surface area (Å²) in [5.74, 6) is 0. The van der Waals surface area contributed by atoms with E-state index in [-0.39, 0.29) is 54.6 Å². The average molecular weight is 263 g/mol. The molecule has 23 heavy (non-hydrogen) atoms. The number of rotatable bonds is 2. The summed E-state index contributed by atoms with van der Waals surface area (Å²) < 4.78 is 0. The Morgan fingerprint density at radius 3 is 0.696 bits per heavy atom. The Labute approximate surface area is 151 Å². The standard InChI is InChI=1S/C12B11/c13-1-3(15)7(19)11(8(20)4(1)16)23-12-9(21)5(17)2(14)6(18)10(12)22. The van der Waals surface area contributed by atoms with Crippen LogP contribution in [-0.4, -0.2) is 85.7 Å². The van der Waals surface area contributed by atoms with Crippen LogP contribution >= 0.6 is 0 Å². The van der Waals surface area contributed by atoms with Gasteiger partial charge in [-0.15, -0.1) is 54.6 Å². The third-order valence-corrected chi connectivity index (χ3v) is 3.77. The van der Waals surface area contributed by atoms with E-state index in [1.54, 1.807) is 0 Å². The molecule has 81 valence electrons. The molecular weight excluding hydrogens is 263 g/mol. The summed E-state index contributed by atoms with van der Waals surface area (Å²) in [5, 5.41) is 0. The van der Waals surface area contributed by atoms with Crippen LogP contribution in [0.2, 0.25) is 0 Å². The summed E-state index contributed by atoms with van der Waals surface area (Å²) in [6.07, 6.45) is 0. The Balaban J connectivity index is 2.71. The zero-order chi connectivity index (χ0) is 17.6. The second-order valence-electron chi connectivity index (χ2n) is 5.11. The quantitative estimate of drug-likeness (QED) is 0.472. The lowest BCUT2D eigenvalue weighted by Gasteiger charge is -2.25. The van der Waals surface area contributed by atoms with Crippen molar-refractivity contribution in [1.29, 1.82) is 0 Å². The molecule has 0 aliphatic heterocycles. The summed E-state index contributed by atoms with van der Waals surface area (Å²) in [6.45, 7) is 0. The predicted molar refractivity (Wildman–Crippen MR) is 112 cm³/mol. The zero-order valence-electron chi connectivity index (χ0n) is 12.4. The van der Waals surface area contributed by atoms with Crippen molar-refractivity contribution in [3.05, 3.63) is 0 Å². The first-order valence-electron chi connectivity index (χ1n) is 6.46. The lowest BCUT2D eigenvalue weighted by molar-refractivity contribution is 2.08. The fourth-order valence-corrected chi connectivity index (χ4v) is 2.20. The highest BCUT2D eigenvalue weighted by Crippen LogP contribution is 1.70. The maximum absolute atomic E-state index is 5.97. The summed E-state index contributed by atoms with van der Waals surface area (Å²) in [7, 11) is 60.2. The minimum atomic E-state index is 0.106. The van der Waals surface area contributed by atoms with Crippen LogP contribution < -0.4 is 65.6 Å². The van der Waals surface area contributed by atoms with Crippen molar-refractivity contribution in [2.24, 2.45) is 0 Å². The van der Waals surface area contributed by atoms with E-state index in [4.69, 9.17) is 78.5 Å². The summed E-state index contributed by atoms with van der Waals surface area (Å²) in [4.78, 5) is 0. The molecule has 0 aromatic heterocycles. The minimum absolute atomic E-state index is 0.106. The molecule has 0 spiro atoms. The molecule has 21 radical (unpaired) electrons. The van der Waals surface area contributed by atoms with Gasteiger partial charge in [-0.05, 0) is 0 Å². The first-order chi connectivity index (χ1) is 10.6. The van der Waals surface area contributed by atoms with Gasteiger partial charge < -0.3 is 0 Å². The van der Waals surface area contributed by atoms with E-state index >= 15 is 0 Å². The fourth-order valence-electron chi connectivity index (χ4n) is 2.20. The molecular formula is C12B11. The Bertz CT molecular complexity index is 686. The second-order valence-corrected chi connectivity index (χ2v) is 5.11. The Hall–Kier alpha value is -0.846. The van der Waals surface area contributed by atoms with E-state index in [1.165, 1.54) is 7.28 Å². The molecule has 0 saturated carbocycles. The van der Waals surface area contributed by atoms with E-state index in [2.05, 4.69) is 0 Å². The third kappa shape index (κ3) is 2.97. The lowest BCUT2D eigenvalue weighted by Crippen LogP contribution is -2.70. The second kappa shape index (κ2) is 6.57. The van der Waals surface area contributed by atoms with E-state index < -0.39 is 0 Å². The molecule has 0 heterocycles. The molecule has 0 saturated heterocycles. The highest BCUT2D eigenvalue weighted by atomic mass is 14.0. The van der Waals surface area contributed by atoms with Crippen LogP contribution in [0.15, 0.2) is 0 Å². The third-order valence-electron chi connectivity index (χ3n) is 3.77. The van der Waals surface area contributed by atoms with Gasteiger partial charge in [-0.25, -0.2) is 0 Å². The Morgan fingerprint density at radius 2 is 0.478 bits per heavy atom. The van der Waals surface area contributed by atoms with E-state index in [9.17, 15) is 0 Å². The molecule has 0 nitrogen and oxygen atoms in total. The predicted octanol–water partition coefficient (Wildman–Crippen LogP) is -10.7. The van der Waals surface area contributed by atoms with Crippen LogP contribution in [0.25, 0.3) is 0 Å². The van der Waals surface area contributed by atoms with Gasteiger partial charge in [0.1, 0.15) is 78.5 Å². The van der Waals surface area contributed by atoms with Gasteiger partial charge in [0, 0.05) is 0 Å². The largest absolute Gasteiger partial charge is 0.188 e. The Kier molecular flexibility index (Phi) is 5.29. The average Bonchev–Trinajstić information content (AvgIpc) is 2.54. The van der Waals surface area contributed by atoms with Gasteiger partial charge in [-0.2, -0.15) is 0 Å². The molecule has 11 heteroatoms. The van der Waals surface area contributed by atoms with Crippen LogP contribution in [0.3, 0.4) is 0 Å². The van der Waals surface area contributed by atoms with Crippen molar-refractivity contribution < 1.29 is 0 Å². The van der Waals surface area contributed by atoms with Crippen molar-refractivity contribution in [2.75, 3.05) is 0 Å². The van der Waals surface area contributed by atoms with E-state index in [0.29, 0.717) is 10.9 Å². The zero-order valence-corrected chi connectivity index (χ0v) is 12.4. The van der Waals surface area contributed by atoms with Crippen molar-refractivity contribution >= 4 is 151 Å². The summed E-state index contributed by atoms with van der Waals surface area (Å²) >= 11 is 0. The molecule has 0 fully saturated rings. The van der Waals surface area contributed by atoms with Gasteiger partial charge in [0.15, 0.2) is 7.28 Å². The number of hydrogen-bond donors (Lipinski definition) is 0. The number of benzene rings is 2. The molecule has 0 aliphatic carbocycles. The van der Waals surface area contributed by atoms with Gasteiger partial charge in [0.05, 0.1) is 0 Å². The van der Waals surface area contributed by atoms with E-state index in [0.717, 1.165) is 0 Å². The van der Waals surface area contributed by atoms with Crippen LogP contribution in [-0.2, 0) is 0 Å². The molecule has 0 bridgehead atoms. The van der Waals surface area contributed by atoms with Crippen molar-refractivity contribution in [1.82, 2.24) is 0 Å². The van der Waals surface area contributed by atoms with Gasteiger partial charge in [0.25, 0.3) is 0 Å². The summed E-state index contributed by atoms with van der Waals surface area (Å²) in [6, 6.07) is 0. The molecule has 0 N–H and O–H groups in total. The SMILES string of the molecule is [B]c1c([B])c([B])c([B]c2c([B])c([B])c([B])c([B])c2[B])c([B])c1[B]. The normalized spacial score (nSPS) is 10.6. The molecule has 2 aromatic rings. The Morgan fingerprint density at radius 1 is 0.304 bits per heavy atom. The molecule has 2 aromatic carbocycles. The van der Waals surface area contributed by atoms with Gasteiger partial charge >= 0.3 is 0 Å². The topological polar surface area (TPSA) is 0 Å². The maximum Gasteiger partial charge on any atom is 0.188 e. The number of hydrogen-bond acceptors (Lipinski definition) is 0. The monoisotopic (exact) mass is 265 g/mol. The highest BCUT2D eigenvalue weighted by molar-refractivity contribution is 6.87. The smallest absolute Gasteiger partial charge is 0.112 e. The van der Waals surface area contributed by atoms with E-state index in [1.807, 2.05) is 0 Å². The minimum Gasteiger partial charge on any atom is -0.112 e. The van der Waals surface area contributed by atoms with Crippen molar-refractivity contribution in [3.8, 4) is 0 Å². The van der Waals surface area contributed by atoms with Crippen LogP contribution in [0.1, 0.15) is 0 Å². The first-order valence-corrected chi connectivity index (χ1v) is 6.46. The van der Waals surface area contributed by atoms with Gasteiger partial charge in [-0.1, -0.05) is 10.9 Å². The van der Waals surface area contributed by atoms with Crippen LogP contribution in [0, 0.1) is 0 Å². The molecule has 0 atom stereocenters. The molecule has 2 rings (SSSR count). The van der Waals surface area contributed by atoms with Crippen LogP contribution in [0.4, 0.5) is 0 Å². The first kappa shape index (κ1) is 18.5. The van der Waals surface area contributed by atoms with Crippen molar-refractivity contribution in [2.45, 2.75) is 0 Å².